The first-order valence-electron chi connectivity index (χ1n) is 7.75. The van der Waals surface area contributed by atoms with Gasteiger partial charge in [0.05, 0.1) is 7.11 Å². The SMILES string of the molecule is COC(=O)COc1ccc(C(=O)NNC(=O)c2ccc(C(=N)N)cc2)cc1. The zero-order chi connectivity index (χ0) is 19.8. The monoisotopic (exact) mass is 370 g/mol. The summed E-state index contributed by atoms with van der Waals surface area (Å²) in [6, 6.07) is 12.0. The molecule has 0 aliphatic rings. The van der Waals surface area contributed by atoms with Crippen LogP contribution >= 0.6 is 0 Å². The second-order valence-electron chi connectivity index (χ2n) is 5.29. The van der Waals surface area contributed by atoms with Gasteiger partial charge < -0.3 is 15.2 Å². The van der Waals surface area contributed by atoms with Gasteiger partial charge in [0.25, 0.3) is 11.8 Å². The molecule has 0 saturated carbocycles. The van der Waals surface area contributed by atoms with E-state index in [9.17, 15) is 14.4 Å². The van der Waals surface area contributed by atoms with Crippen molar-refractivity contribution >= 4 is 23.6 Å². The molecule has 0 spiro atoms. The Morgan fingerprint density at radius 1 is 0.889 bits per heavy atom. The van der Waals surface area contributed by atoms with Crippen molar-refractivity contribution < 1.29 is 23.9 Å². The molecule has 140 valence electrons. The molecule has 2 aromatic rings. The number of hydrogen-bond acceptors (Lipinski definition) is 6. The van der Waals surface area contributed by atoms with Gasteiger partial charge in [-0.1, -0.05) is 12.1 Å². The molecule has 0 aliphatic heterocycles. The number of nitrogens with two attached hydrogens (primary N) is 1. The molecule has 27 heavy (non-hydrogen) atoms. The van der Waals surface area contributed by atoms with Gasteiger partial charge >= 0.3 is 5.97 Å². The first kappa shape index (κ1) is 19.4. The molecule has 2 amide bonds. The average molecular weight is 370 g/mol. The van der Waals surface area contributed by atoms with E-state index in [4.69, 9.17) is 15.9 Å². The number of hydrogen-bond donors (Lipinski definition) is 4. The lowest BCUT2D eigenvalue weighted by Crippen LogP contribution is -2.41. The van der Waals surface area contributed by atoms with Crippen molar-refractivity contribution in [1.29, 1.82) is 5.41 Å². The second kappa shape index (κ2) is 8.99. The minimum atomic E-state index is -0.525. The normalized spacial score (nSPS) is 9.81. The quantitative estimate of drug-likeness (QED) is 0.254. The number of nitrogens with one attached hydrogen (secondary N) is 3. The molecule has 0 heterocycles. The molecule has 0 radical (unpaired) electrons. The third-order valence-electron chi connectivity index (χ3n) is 3.45. The largest absolute Gasteiger partial charge is 0.482 e. The van der Waals surface area contributed by atoms with Gasteiger partial charge in [0, 0.05) is 16.7 Å². The number of ether oxygens (including phenoxy) is 2. The van der Waals surface area contributed by atoms with Crippen molar-refractivity contribution in [1.82, 2.24) is 10.9 Å². The van der Waals surface area contributed by atoms with Crippen molar-refractivity contribution in [3.63, 3.8) is 0 Å². The Morgan fingerprint density at radius 3 is 1.78 bits per heavy atom. The van der Waals surface area contributed by atoms with E-state index in [2.05, 4.69) is 15.6 Å². The van der Waals surface area contributed by atoms with Gasteiger partial charge in [-0.05, 0) is 36.4 Å². The predicted molar refractivity (Wildman–Crippen MR) is 96.3 cm³/mol. The number of carbonyl (C=O) groups excluding carboxylic acids is 3. The Balaban J connectivity index is 1.88. The Labute approximate surface area is 154 Å². The Morgan fingerprint density at radius 2 is 1.33 bits per heavy atom. The highest BCUT2D eigenvalue weighted by atomic mass is 16.6. The molecule has 2 aromatic carbocycles. The summed E-state index contributed by atoms with van der Waals surface area (Å²) in [6.45, 7) is -0.236. The van der Waals surface area contributed by atoms with Gasteiger partial charge in [0.15, 0.2) is 6.61 Å². The fraction of sp³-hybridized carbons (Fsp3) is 0.111. The summed E-state index contributed by atoms with van der Waals surface area (Å²) in [5.74, 6) is -1.27. The van der Waals surface area contributed by atoms with Gasteiger partial charge in [-0.15, -0.1) is 0 Å². The molecular formula is C18H18N4O5. The molecule has 9 heteroatoms. The number of amidine groups is 1. The van der Waals surface area contributed by atoms with Crippen molar-refractivity contribution in [2.75, 3.05) is 13.7 Å². The van der Waals surface area contributed by atoms with Gasteiger partial charge in [0.2, 0.25) is 0 Å². The summed E-state index contributed by atoms with van der Waals surface area (Å²) in [5, 5.41) is 7.31. The van der Waals surface area contributed by atoms with Crippen LogP contribution < -0.4 is 21.3 Å². The molecule has 0 bridgehead atoms. The highest BCUT2D eigenvalue weighted by Crippen LogP contribution is 2.12. The first-order valence-corrected chi connectivity index (χ1v) is 7.75. The summed E-state index contributed by atoms with van der Waals surface area (Å²) in [5.41, 5.74) is 11.0. The predicted octanol–water partition coefficient (Wildman–Crippen LogP) is 0.597. The van der Waals surface area contributed by atoms with E-state index in [1.165, 1.54) is 55.6 Å². The Kier molecular flexibility index (Phi) is 6.48. The summed E-state index contributed by atoms with van der Waals surface area (Å²) in [7, 11) is 1.26. The fourth-order valence-electron chi connectivity index (χ4n) is 1.96. The third-order valence-corrected chi connectivity index (χ3v) is 3.45. The molecule has 2 rings (SSSR count). The first-order chi connectivity index (χ1) is 12.9. The Bertz CT molecular complexity index is 847. The van der Waals surface area contributed by atoms with Crippen molar-refractivity contribution in [2.24, 2.45) is 5.73 Å². The van der Waals surface area contributed by atoms with Crippen molar-refractivity contribution in [3.05, 3.63) is 65.2 Å². The third kappa shape index (κ3) is 5.56. The number of hydrazine groups is 1. The van der Waals surface area contributed by atoms with Crippen LogP contribution in [0.3, 0.4) is 0 Å². The smallest absolute Gasteiger partial charge is 0.343 e. The molecule has 5 N–H and O–H groups in total. The molecule has 0 unspecified atom stereocenters. The van der Waals surface area contributed by atoms with E-state index in [1.54, 1.807) is 0 Å². The lowest BCUT2D eigenvalue weighted by Gasteiger charge is -2.09. The number of nitrogen functional groups attached to an aromatic ring is 1. The lowest BCUT2D eigenvalue weighted by atomic mass is 10.1. The van der Waals surface area contributed by atoms with Crippen LogP contribution in [0.2, 0.25) is 0 Å². The molecule has 0 aromatic heterocycles. The summed E-state index contributed by atoms with van der Waals surface area (Å²) in [4.78, 5) is 35.1. The maximum atomic E-state index is 12.1. The average Bonchev–Trinajstić information content (AvgIpc) is 2.70. The van der Waals surface area contributed by atoms with E-state index in [0.717, 1.165) is 0 Å². The zero-order valence-electron chi connectivity index (χ0n) is 14.4. The van der Waals surface area contributed by atoms with Gasteiger partial charge in [0.1, 0.15) is 11.6 Å². The maximum absolute atomic E-state index is 12.1. The van der Waals surface area contributed by atoms with Crippen LogP contribution in [0.1, 0.15) is 26.3 Å². The highest BCUT2D eigenvalue weighted by molar-refractivity contribution is 6.00. The number of benzene rings is 2. The van der Waals surface area contributed by atoms with Crippen molar-refractivity contribution in [3.8, 4) is 5.75 Å². The summed E-state index contributed by atoms with van der Waals surface area (Å²) in [6.07, 6.45) is 0. The van der Waals surface area contributed by atoms with E-state index >= 15 is 0 Å². The van der Waals surface area contributed by atoms with E-state index in [0.29, 0.717) is 16.9 Å². The van der Waals surface area contributed by atoms with Crippen LogP contribution in [-0.4, -0.2) is 37.3 Å². The minimum absolute atomic E-state index is 0.103. The van der Waals surface area contributed by atoms with Gasteiger partial charge in [-0.2, -0.15) is 0 Å². The number of esters is 1. The van der Waals surface area contributed by atoms with Crippen LogP contribution in [0.25, 0.3) is 0 Å². The standard InChI is InChI=1S/C18H18N4O5/c1-26-15(23)10-27-14-8-6-13(7-9-14)18(25)22-21-17(24)12-4-2-11(3-5-12)16(19)20/h2-9H,10H2,1H3,(H3,19,20)(H,21,24)(H,22,25). The second-order valence-corrected chi connectivity index (χ2v) is 5.29. The van der Waals surface area contributed by atoms with Crippen LogP contribution in [0.4, 0.5) is 0 Å². The van der Waals surface area contributed by atoms with Crippen LogP contribution in [0.5, 0.6) is 5.75 Å². The summed E-state index contributed by atoms with van der Waals surface area (Å²) >= 11 is 0. The fourth-order valence-corrected chi connectivity index (χ4v) is 1.96. The Hall–Kier alpha value is -3.88. The summed E-state index contributed by atoms with van der Waals surface area (Å²) < 4.78 is 9.63. The molecule has 0 aliphatic carbocycles. The van der Waals surface area contributed by atoms with Crippen LogP contribution in [0, 0.1) is 5.41 Å². The van der Waals surface area contributed by atoms with Crippen LogP contribution in [-0.2, 0) is 9.53 Å². The van der Waals surface area contributed by atoms with Gasteiger partial charge in [-0.25, -0.2) is 4.79 Å². The number of methoxy groups -OCH3 is 1. The van der Waals surface area contributed by atoms with Crippen molar-refractivity contribution in [2.45, 2.75) is 0 Å². The topological polar surface area (TPSA) is 144 Å². The molecular weight excluding hydrogens is 352 g/mol. The van der Waals surface area contributed by atoms with E-state index < -0.39 is 17.8 Å². The molecule has 0 saturated heterocycles. The number of amides is 2. The van der Waals surface area contributed by atoms with E-state index in [1.807, 2.05) is 0 Å². The van der Waals surface area contributed by atoms with Gasteiger partial charge in [-0.3, -0.25) is 25.8 Å². The highest BCUT2D eigenvalue weighted by Gasteiger charge is 2.10. The lowest BCUT2D eigenvalue weighted by molar-refractivity contribution is -0.142. The van der Waals surface area contributed by atoms with Crippen LogP contribution in [0.15, 0.2) is 48.5 Å². The minimum Gasteiger partial charge on any atom is -0.482 e. The van der Waals surface area contributed by atoms with E-state index in [-0.39, 0.29) is 18.0 Å². The zero-order valence-corrected chi connectivity index (χ0v) is 14.4. The number of rotatable bonds is 6. The number of carbonyl (C=O) groups is 3. The molecule has 9 nitrogen and oxygen atoms in total. The molecule has 0 fully saturated rings. The molecule has 0 atom stereocenters. The maximum Gasteiger partial charge on any atom is 0.343 e.